The van der Waals surface area contributed by atoms with E-state index in [-0.39, 0.29) is 11.9 Å². The van der Waals surface area contributed by atoms with Crippen molar-refractivity contribution in [3.8, 4) is 0 Å². The normalized spacial score (nSPS) is 12.8. The van der Waals surface area contributed by atoms with Gasteiger partial charge in [0.15, 0.2) is 0 Å². The minimum atomic E-state index is -0.0179. The maximum atomic E-state index is 11.8. The lowest BCUT2D eigenvalue weighted by molar-refractivity contribution is 0.0941. The maximum absolute atomic E-state index is 11.8. The first-order valence-electron chi connectivity index (χ1n) is 5.32. The zero-order valence-electron chi connectivity index (χ0n) is 9.79. The SMILES string of the molecule is Cc1ncc(C(=O)NC(CBr)CC(C)C)s1. The van der Waals surface area contributed by atoms with E-state index in [1.54, 1.807) is 6.20 Å². The van der Waals surface area contributed by atoms with Gasteiger partial charge >= 0.3 is 0 Å². The molecule has 0 radical (unpaired) electrons. The Morgan fingerprint density at radius 2 is 2.31 bits per heavy atom. The molecule has 1 heterocycles. The summed E-state index contributed by atoms with van der Waals surface area (Å²) in [5, 5.41) is 4.72. The molecule has 0 saturated carbocycles. The van der Waals surface area contributed by atoms with Crippen molar-refractivity contribution in [2.75, 3.05) is 5.33 Å². The first-order valence-corrected chi connectivity index (χ1v) is 7.26. The molecule has 16 heavy (non-hydrogen) atoms. The van der Waals surface area contributed by atoms with Crippen molar-refractivity contribution >= 4 is 33.2 Å². The Labute approximate surface area is 109 Å². The van der Waals surface area contributed by atoms with Gasteiger partial charge in [0.1, 0.15) is 4.88 Å². The van der Waals surface area contributed by atoms with E-state index in [9.17, 15) is 4.79 Å². The molecule has 5 heteroatoms. The highest BCUT2D eigenvalue weighted by atomic mass is 79.9. The first kappa shape index (κ1) is 13.6. The van der Waals surface area contributed by atoms with E-state index >= 15 is 0 Å². The third kappa shape index (κ3) is 4.22. The summed E-state index contributed by atoms with van der Waals surface area (Å²) in [6, 6.07) is 0.190. The zero-order chi connectivity index (χ0) is 12.1. The van der Waals surface area contributed by atoms with Gasteiger partial charge in [0.05, 0.1) is 11.2 Å². The molecule has 1 amide bonds. The largest absolute Gasteiger partial charge is 0.348 e. The summed E-state index contributed by atoms with van der Waals surface area (Å²) in [6.45, 7) is 6.20. The lowest BCUT2D eigenvalue weighted by Gasteiger charge is -2.17. The van der Waals surface area contributed by atoms with Crippen LogP contribution in [0, 0.1) is 12.8 Å². The molecule has 90 valence electrons. The molecule has 0 aromatic carbocycles. The number of halogens is 1. The number of hydrogen-bond acceptors (Lipinski definition) is 3. The number of thiazole rings is 1. The van der Waals surface area contributed by atoms with Crippen LogP contribution in [-0.2, 0) is 0 Å². The van der Waals surface area contributed by atoms with Crippen molar-refractivity contribution < 1.29 is 4.79 Å². The molecule has 0 aliphatic rings. The summed E-state index contributed by atoms with van der Waals surface area (Å²) in [5.41, 5.74) is 0. The fraction of sp³-hybridized carbons (Fsp3) is 0.636. The number of hydrogen-bond donors (Lipinski definition) is 1. The average Bonchev–Trinajstić information content (AvgIpc) is 2.63. The van der Waals surface area contributed by atoms with E-state index in [4.69, 9.17) is 0 Å². The van der Waals surface area contributed by atoms with Crippen LogP contribution in [0.25, 0.3) is 0 Å². The highest BCUT2D eigenvalue weighted by Crippen LogP contribution is 2.13. The first-order chi connectivity index (χ1) is 7.52. The third-order valence-corrected chi connectivity index (χ3v) is 3.82. The molecule has 1 aromatic rings. The summed E-state index contributed by atoms with van der Waals surface area (Å²) >= 11 is 4.85. The Bertz CT molecular complexity index is 352. The van der Waals surface area contributed by atoms with Crippen molar-refractivity contribution in [2.24, 2.45) is 5.92 Å². The molecule has 1 aromatic heterocycles. The van der Waals surface area contributed by atoms with E-state index in [2.05, 4.69) is 40.1 Å². The van der Waals surface area contributed by atoms with Gasteiger partial charge in [0.25, 0.3) is 5.91 Å². The van der Waals surface area contributed by atoms with E-state index < -0.39 is 0 Å². The monoisotopic (exact) mass is 304 g/mol. The predicted molar refractivity (Wildman–Crippen MR) is 71.4 cm³/mol. The molecule has 0 bridgehead atoms. The number of aryl methyl sites for hydroxylation is 1. The van der Waals surface area contributed by atoms with Crippen LogP contribution in [0.15, 0.2) is 6.20 Å². The number of rotatable bonds is 5. The van der Waals surface area contributed by atoms with Gasteiger partial charge in [-0.1, -0.05) is 29.8 Å². The molecule has 3 nitrogen and oxygen atoms in total. The van der Waals surface area contributed by atoms with Crippen LogP contribution in [-0.4, -0.2) is 22.3 Å². The molecule has 1 N–H and O–H groups in total. The van der Waals surface area contributed by atoms with Gasteiger partial charge in [-0.25, -0.2) is 4.98 Å². The van der Waals surface area contributed by atoms with Crippen molar-refractivity contribution in [1.29, 1.82) is 0 Å². The fourth-order valence-electron chi connectivity index (χ4n) is 1.45. The second-order valence-electron chi connectivity index (χ2n) is 4.20. The number of nitrogens with one attached hydrogen (secondary N) is 1. The Morgan fingerprint density at radius 3 is 2.75 bits per heavy atom. The lowest BCUT2D eigenvalue weighted by Crippen LogP contribution is -2.36. The van der Waals surface area contributed by atoms with Crippen LogP contribution >= 0.6 is 27.3 Å². The third-order valence-electron chi connectivity index (χ3n) is 2.12. The predicted octanol–water partition coefficient (Wildman–Crippen LogP) is 2.99. The molecule has 1 unspecified atom stereocenters. The fourth-order valence-corrected chi connectivity index (χ4v) is 2.56. The minimum Gasteiger partial charge on any atom is -0.348 e. The van der Waals surface area contributed by atoms with Crippen molar-refractivity contribution in [1.82, 2.24) is 10.3 Å². The maximum Gasteiger partial charge on any atom is 0.263 e. The van der Waals surface area contributed by atoms with Crippen LogP contribution < -0.4 is 5.32 Å². The van der Waals surface area contributed by atoms with Gasteiger partial charge in [0.2, 0.25) is 0 Å². The summed E-state index contributed by atoms with van der Waals surface area (Å²) in [6.07, 6.45) is 2.62. The second-order valence-corrected chi connectivity index (χ2v) is 6.08. The smallest absolute Gasteiger partial charge is 0.263 e. The highest BCUT2D eigenvalue weighted by molar-refractivity contribution is 9.09. The summed E-state index contributed by atoms with van der Waals surface area (Å²) < 4.78 is 0. The quantitative estimate of drug-likeness (QED) is 0.850. The average molecular weight is 305 g/mol. The Hall–Kier alpha value is -0.420. The number of amides is 1. The number of carbonyl (C=O) groups is 1. The molecule has 0 aliphatic carbocycles. The number of carbonyl (C=O) groups excluding carboxylic acids is 1. The van der Waals surface area contributed by atoms with Crippen LogP contribution in [0.5, 0.6) is 0 Å². The Morgan fingerprint density at radius 1 is 1.62 bits per heavy atom. The van der Waals surface area contributed by atoms with Gasteiger partial charge in [-0.05, 0) is 19.3 Å². The van der Waals surface area contributed by atoms with Gasteiger partial charge in [-0.3, -0.25) is 4.79 Å². The molecule has 0 aliphatic heterocycles. The highest BCUT2D eigenvalue weighted by Gasteiger charge is 2.15. The topological polar surface area (TPSA) is 42.0 Å². The van der Waals surface area contributed by atoms with Gasteiger partial charge in [-0.2, -0.15) is 0 Å². The Balaban J connectivity index is 2.55. The molecular formula is C11H17BrN2OS. The second kappa shape index (κ2) is 6.35. The van der Waals surface area contributed by atoms with Crippen LogP contribution in [0.1, 0.15) is 34.9 Å². The van der Waals surface area contributed by atoms with Gasteiger partial charge < -0.3 is 5.32 Å². The van der Waals surface area contributed by atoms with Crippen LogP contribution in [0.2, 0.25) is 0 Å². The van der Waals surface area contributed by atoms with Gasteiger partial charge in [-0.15, -0.1) is 11.3 Å². The summed E-state index contributed by atoms with van der Waals surface area (Å²) in [4.78, 5) is 16.6. The Kier molecular flexibility index (Phi) is 5.41. The van der Waals surface area contributed by atoms with E-state index in [0.29, 0.717) is 10.8 Å². The lowest BCUT2D eigenvalue weighted by atomic mass is 10.1. The molecule has 1 rings (SSSR count). The van der Waals surface area contributed by atoms with E-state index in [1.165, 1.54) is 11.3 Å². The number of alkyl halides is 1. The standard InChI is InChI=1S/C11H17BrN2OS/c1-7(2)4-9(5-12)14-11(15)10-6-13-8(3)16-10/h6-7,9H,4-5H2,1-3H3,(H,14,15). The van der Waals surface area contributed by atoms with Crippen LogP contribution in [0.3, 0.4) is 0 Å². The van der Waals surface area contributed by atoms with Crippen molar-refractivity contribution in [2.45, 2.75) is 33.2 Å². The zero-order valence-corrected chi connectivity index (χ0v) is 12.2. The van der Waals surface area contributed by atoms with Gasteiger partial charge in [0, 0.05) is 11.4 Å². The van der Waals surface area contributed by atoms with Crippen LogP contribution in [0.4, 0.5) is 0 Å². The minimum absolute atomic E-state index is 0.0179. The van der Waals surface area contributed by atoms with E-state index in [1.807, 2.05) is 6.92 Å². The summed E-state index contributed by atoms with van der Waals surface area (Å²) in [7, 11) is 0. The molecule has 0 fully saturated rings. The van der Waals surface area contributed by atoms with Crippen molar-refractivity contribution in [3.63, 3.8) is 0 Å². The molecule has 0 spiro atoms. The molecular weight excluding hydrogens is 288 g/mol. The number of nitrogens with zero attached hydrogens (tertiary/aromatic N) is 1. The van der Waals surface area contributed by atoms with E-state index in [0.717, 1.165) is 16.8 Å². The molecule has 1 atom stereocenters. The summed E-state index contributed by atoms with van der Waals surface area (Å²) in [5.74, 6) is 0.557. The number of aromatic nitrogens is 1. The van der Waals surface area contributed by atoms with Crippen molar-refractivity contribution in [3.05, 3.63) is 16.1 Å². The molecule has 0 saturated heterocycles.